The minimum atomic E-state index is -4.74. The zero-order valence-electron chi connectivity index (χ0n) is 14.5. The first-order valence-corrected chi connectivity index (χ1v) is 9.60. The first-order valence-electron chi connectivity index (χ1n) is 8.16. The standard InChI is InChI=1S/C15H15F3N4O5S/c1-9-2-3-11(22(23)24)8-12(9)28(25,26)21-6-4-10(5-7-21)13-19-20-14(27-13)15(16,17)18/h2-3,8,10H,4-7H2,1H3. The Morgan fingerprint density at radius 2 is 1.89 bits per heavy atom. The van der Waals surface area contributed by atoms with E-state index in [2.05, 4.69) is 14.6 Å². The lowest BCUT2D eigenvalue weighted by atomic mass is 9.98. The Labute approximate surface area is 157 Å². The van der Waals surface area contributed by atoms with Gasteiger partial charge in [-0.2, -0.15) is 17.5 Å². The lowest BCUT2D eigenvalue weighted by Crippen LogP contribution is -2.38. The van der Waals surface area contributed by atoms with E-state index in [1.54, 1.807) is 0 Å². The molecule has 0 aliphatic carbocycles. The van der Waals surface area contributed by atoms with E-state index in [1.807, 2.05) is 0 Å². The van der Waals surface area contributed by atoms with Gasteiger partial charge in [-0.15, -0.1) is 10.2 Å². The third-order valence-electron chi connectivity index (χ3n) is 4.49. The highest BCUT2D eigenvalue weighted by Crippen LogP contribution is 2.34. The summed E-state index contributed by atoms with van der Waals surface area (Å²) < 4.78 is 69.3. The molecule has 1 aromatic carbocycles. The summed E-state index contributed by atoms with van der Waals surface area (Å²) in [4.78, 5) is 10.1. The van der Waals surface area contributed by atoms with E-state index >= 15 is 0 Å². The van der Waals surface area contributed by atoms with Crippen molar-refractivity contribution in [2.75, 3.05) is 13.1 Å². The molecule has 9 nitrogen and oxygen atoms in total. The molecule has 0 spiro atoms. The van der Waals surface area contributed by atoms with Crippen molar-refractivity contribution in [1.82, 2.24) is 14.5 Å². The zero-order valence-corrected chi connectivity index (χ0v) is 15.3. The van der Waals surface area contributed by atoms with Gasteiger partial charge < -0.3 is 4.42 Å². The van der Waals surface area contributed by atoms with E-state index in [4.69, 9.17) is 0 Å². The van der Waals surface area contributed by atoms with E-state index < -0.39 is 32.9 Å². The van der Waals surface area contributed by atoms with E-state index in [9.17, 15) is 31.7 Å². The van der Waals surface area contributed by atoms with Gasteiger partial charge in [-0.1, -0.05) is 6.07 Å². The molecule has 1 aromatic heterocycles. The van der Waals surface area contributed by atoms with Crippen molar-refractivity contribution < 1.29 is 30.9 Å². The van der Waals surface area contributed by atoms with Crippen LogP contribution in [-0.2, 0) is 16.2 Å². The third-order valence-corrected chi connectivity index (χ3v) is 6.53. The Morgan fingerprint density at radius 1 is 1.25 bits per heavy atom. The molecule has 1 saturated heterocycles. The number of sulfonamides is 1. The summed E-state index contributed by atoms with van der Waals surface area (Å²) in [5.74, 6) is -2.12. The molecule has 0 unspecified atom stereocenters. The van der Waals surface area contributed by atoms with Crippen molar-refractivity contribution in [2.45, 2.75) is 36.8 Å². The molecule has 1 aliphatic rings. The zero-order chi connectivity index (χ0) is 20.7. The van der Waals surface area contributed by atoms with Gasteiger partial charge in [-0.05, 0) is 25.3 Å². The number of nitro groups is 1. The number of alkyl halides is 3. The number of piperidine rings is 1. The predicted molar refractivity (Wildman–Crippen MR) is 87.9 cm³/mol. The van der Waals surface area contributed by atoms with E-state index in [0.29, 0.717) is 5.56 Å². The average molecular weight is 420 g/mol. The summed E-state index contributed by atoms with van der Waals surface area (Å²) in [7, 11) is -3.99. The molecule has 0 saturated carbocycles. The van der Waals surface area contributed by atoms with Gasteiger partial charge in [0.2, 0.25) is 15.9 Å². The van der Waals surface area contributed by atoms with Crippen LogP contribution < -0.4 is 0 Å². The van der Waals surface area contributed by atoms with Crippen molar-refractivity contribution in [2.24, 2.45) is 0 Å². The largest absolute Gasteiger partial charge is 0.470 e. The summed E-state index contributed by atoms with van der Waals surface area (Å²) in [5, 5.41) is 17.3. The molecule has 0 amide bonds. The number of nitrogens with zero attached hydrogens (tertiary/aromatic N) is 4. The minimum absolute atomic E-state index is 0.0128. The number of rotatable bonds is 4. The fourth-order valence-electron chi connectivity index (χ4n) is 2.98. The second-order valence-electron chi connectivity index (χ2n) is 6.33. The number of aromatic nitrogens is 2. The lowest BCUT2D eigenvalue weighted by Gasteiger charge is -2.30. The van der Waals surface area contributed by atoms with E-state index in [-0.39, 0.29) is 42.4 Å². The van der Waals surface area contributed by atoms with Crippen molar-refractivity contribution in [1.29, 1.82) is 0 Å². The number of aryl methyl sites for hydroxylation is 1. The van der Waals surface area contributed by atoms with Gasteiger partial charge in [0.05, 0.1) is 9.82 Å². The van der Waals surface area contributed by atoms with Crippen LogP contribution in [0.25, 0.3) is 0 Å². The highest BCUT2D eigenvalue weighted by atomic mass is 32.2. The Balaban J connectivity index is 1.76. The summed E-state index contributed by atoms with van der Waals surface area (Å²) in [6.45, 7) is 1.55. The molecule has 152 valence electrons. The Kier molecular flexibility index (Phi) is 5.14. The van der Waals surface area contributed by atoms with Crippen LogP contribution in [0.15, 0.2) is 27.5 Å². The molecule has 0 bridgehead atoms. The van der Waals surface area contributed by atoms with Crippen LogP contribution in [0.5, 0.6) is 0 Å². The molecular weight excluding hydrogens is 405 g/mol. The summed E-state index contributed by atoms with van der Waals surface area (Å²) in [5.41, 5.74) is 0.0176. The fraction of sp³-hybridized carbons (Fsp3) is 0.467. The molecule has 0 atom stereocenters. The van der Waals surface area contributed by atoms with Gasteiger partial charge in [0.15, 0.2) is 0 Å². The second kappa shape index (κ2) is 7.13. The Bertz CT molecular complexity index is 997. The normalized spacial score (nSPS) is 17.0. The average Bonchev–Trinajstić information content (AvgIpc) is 3.12. The Hall–Kier alpha value is -2.54. The van der Waals surface area contributed by atoms with Crippen LogP contribution in [0.2, 0.25) is 0 Å². The van der Waals surface area contributed by atoms with Crippen molar-refractivity contribution in [3.63, 3.8) is 0 Å². The van der Waals surface area contributed by atoms with E-state index in [1.165, 1.54) is 19.1 Å². The number of hydrogen-bond donors (Lipinski definition) is 0. The van der Waals surface area contributed by atoms with Crippen LogP contribution >= 0.6 is 0 Å². The summed E-state index contributed by atoms with van der Waals surface area (Å²) in [6.07, 6.45) is -4.37. The lowest BCUT2D eigenvalue weighted by molar-refractivity contribution is -0.385. The Morgan fingerprint density at radius 3 is 2.43 bits per heavy atom. The van der Waals surface area contributed by atoms with Gasteiger partial charge >= 0.3 is 12.1 Å². The molecule has 0 N–H and O–H groups in total. The first-order chi connectivity index (χ1) is 13.0. The van der Waals surface area contributed by atoms with Gasteiger partial charge in [-0.25, -0.2) is 8.42 Å². The molecule has 2 heterocycles. The fourth-order valence-corrected chi connectivity index (χ4v) is 4.69. The summed E-state index contributed by atoms with van der Waals surface area (Å²) >= 11 is 0. The maximum atomic E-state index is 12.9. The molecular formula is C15H15F3N4O5S. The molecule has 0 radical (unpaired) electrons. The highest BCUT2D eigenvalue weighted by molar-refractivity contribution is 7.89. The number of benzene rings is 1. The highest BCUT2D eigenvalue weighted by Gasteiger charge is 2.40. The minimum Gasteiger partial charge on any atom is -0.417 e. The quantitative estimate of drug-likeness (QED) is 0.551. The third kappa shape index (κ3) is 3.85. The van der Waals surface area contributed by atoms with Crippen molar-refractivity contribution in [3.05, 3.63) is 45.7 Å². The van der Waals surface area contributed by atoms with Gasteiger partial charge in [-0.3, -0.25) is 10.1 Å². The molecule has 28 heavy (non-hydrogen) atoms. The maximum absolute atomic E-state index is 12.9. The second-order valence-corrected chi connectivity index (χ2v) is 8.23. The predicted octanol–water partition coefficient (Wildman–Crippen LogP) is 2.87. The summed E-state index contributed by atoms with van der Waals surface area (Å²) in [6, 6.07) is 3.58. The number of halogens is 3. The van der Waals surface area contributed by atoms with Crippen LogP contribution in [-0.4, -0.2) is 40.9 Å². The molecule has 2 aromatic rings. The number of hydrogen-bond acceptors (Lipinski definition) is 7. The monoisotopic (exact) mass is 420 g/mol. The van der Waals surface area contributed by atoms with Crippen LogP contribution in [0.1, 0.15) is 36.1 Å². The molecule has 1 aliphatic heterocycles. The molecule has 13 heteroatoms. The van der Waals surface area contributed by atoms with Gasteiger partial charge in [0.1, 0.15) is 0 Å². The molecule has 1 fully saturated rings. The van der Waals surface area contributed by atoms with Gasteiger partial charge in [0.25, 0.3) is 5.69 Å². The van der Waals surface area contributed by atoms with Crippen LogP contribution in [0, 0.1) is 17.0 Å². The van der Waals surface area contributed by atoms with Crippen LogP contribution in [0.4, 0.5) is 18.9 Å². The van der Waals surface area contributed by atoms with E-state index in [0.717, 1.165) is 10.4 Å². The van der Waals surface area contributed by atoms with Crippen LogP contribution in [0.3, 0.4) is 0 Å². The van der Waals surface area contributed by atoms with Crippen molar-refractivity contribution in [3.8, 4) is 0 Å². The molecule has 3 rings (SSSR count). The smallest absolute Gasteiger partial charge is 0.417 e. The van der Waals surface area contributed by atoms with Crippen molar-refractivity contribution >= 4 is 15.7 Å². The number of nitro benzene ring substituents is 1. The number of non-ortho nitro benzene ring substituents is 1. The topological polar surface area (TPSA) is 119 Å². The van der Waals surface area contributed by atoms with Gasteiger partial charge in [0, 0.05) is 31.1 Å². The first kappa shape index (κ1) is 20.2. The SMILES string of the molecule is Cc1ccc([N+](=O)[O-])cc1S(=O)(=O)N1CCC(c2nnc(C(F)(F)F)o2)CC1. The maximum Gasteiger partial charge on any atom is 0.470 e.